The fraction of sp³-hybridized carbons (Fsp3) is 0.222. The molecule has 0 bridgehead atoms. The summed E-state index contributed by atoms with van der Waals surface area (Å²) < 4.78 is 5.25. The van der Waals surface area contributed by atoms with Crippen LogP contribution in [-0.2, 0) is 4.79 Å². The second kappa shape index (κ2) is 10.1. The molecule has 31 heavy (non-hydrogen) atoms. The van der Waals surface area contributed by atoms with E-state index in [0.29, 0.717) is 0 Å². The van der Waals surface area contributed by atoms with Crippen LogP contribution in [0.5, 0.6) is 5.75 Å². The Balaban J connectivity index is 1.43. The monoisotopic (exact) mass is 412 g/mol. The lowest BCUT2D eigenvalue weighted by molar-refractivity contribution is -0.127. The van der Waals surface area contributed by atoms with E-state index >= 15 is 0 Å². The van der Waals surface area contributed by atoms with Gasteiger partial charge in [-0.1, -0.05) is 72.8 Å². The second-order valence-electron chi connectivity index (χ2n) is 7.70. The van der Waals surface area contributed by atoms with Crippen molar-refractivity contribution in [2.45, 2.75) is 6.04 Å². The van der Waals surface area contributed by atoms with Crippen LogP contribution in [0.15, 0.2) is 91.0 Å². The molecular formula is C27H28N2O2. The summed E-state index contributed by atoms with van der Waals surface area (Å²) >= 11 is 0. The third kappa shape index (κ3) is 5.22. The lowest BCUT2D eigenvalue weighted by atomic mass is 9.96. The van der Waals surface area contributed by atoms with Gasteiger partial charge in [0.1, 0.15) is 5.75 Å². The van der Waals surface area contributed by atoms with Gasteiger partial charge in [0.05, 0.1) is 13.2 Å². The molecule has 0 unspecified atom stereocenters. The topological polar surface area (TPSA) is 32.8 Å². The number of hydrogen-bond donors (Lipinski definition) is 0. The van der Waals surface area contributed by atoms with Crippen LogP contribution in [-0.4, -0.2) is 49.0 Å². The number of ether oxygens (including phenoxy) is 1. The summed E-state index contributed by atoms with van der Waals surface area (Å²) in [5, 5.41) is 0. The SMILES string of the molecule is COc1cccc(/C=C/C(=O)N2CCN(C(c3ccccc3)c3ccccc3)CC2)c1. The van der Waals surface area contributed by atoms with Gasteiger partial charge in [-0.2, -0.15) is 0 Å². The third-order valence-corrected chi connectivity index (χ3v) is 5.73. The molecule has 3 aromatic carbocycles. The highest BCUT2D eigenvalue weighted by Crippen LogP contribution is 2.29. The highest BCUT2D eigenvalue weighted by molar-refractivity contribution is 5.91. The molecule has 4 rings (SSSR count). The predicted octanol–water partition coefficient (Wildman–Crippen LogP) is 4.64. The van der Waals surface area contributed by atoms with Crippen molar-refractivity contribution in [3.05, 3.63) is 108 Å². The van der Waals surface area contributed by atoms with E-state index in [4.69, 9.17) is 4.74 Å². The first-order chi connectivity index (χ1) is 15.2. The number of rotatable bonds is 6. The molecule has 1 fully saturated rings. The quantitative estimate of drug-likeness (QED) is 0.553. The molecule has 1 amide bonds. The van der Waals surface area contributed by atoms with E-state index in [1.165, 1.54) is 11.1 Å². The van der Waals surface area contributed by atoms with Crippen molar-refractivity contribution in [2.75, 3.05) is 33.3 Å². The van der Waals surface area contributed by atoms with E-state index in [1.807, 2.05) is 35.2 Å². The van der Waals surface area contributed by atoms with Crippen LogP contribution >= 0.6 is 0 Å². The van der Waals surface area contributed by atoms with Crippen LogP contribution in [0.4, 0.5) is 0 Å². The fourth-order valence-corrected chi connectivity index (χ4v) is 4.10. The molecule has 4 heteroatoms. The molecule has 4 nitrogen and oxygen atoms in total. The van der Waals surface area contributed by atoms with Crippen molar-refractivity contribution in [1.29, 1.82) is 0 Å². The summed E-state index contributed by atoms with van der Waals surface area (Å²) in [4.78, 5) is 17.1. The molecule has 0 N–H and O–H groups in total. The lowest BCUT2D eigenvalue weighted by Gasteiger charge is -2.39. The van der Waals surface area contributed by atoms with Crippen LogP contribution in [0.3, 0.4) is 0 Å². The minimum atomic E-state index is 0.0541. The fourth-order valence-electron chi connectivity index (χ4n) is 4.10. The zero-order valence-corrected chi connectivity index (χ0v) is 17.9. The summed E-state index contributed by atoms with van der Waals surface area (Å²) in [6, 6.07) is 29.1. The Labute approximate surface area is 184 Å². The third-order valence-electron chi connectivity index (χ3n) is 5.73. The molecule has 1 aliphatic rings. The largest absolute Gasteiger partial charge is 0.497 e. The molecule has 0 atom stereocenters. The first-order valence-electron chi connectivity index (χ1n) is 10.7. The Kier molecular flexibility index (Phi) is 6.80. The molecule has 1 aliphatic heterocycles. The van der Waals surface area contributed by atoms with Crippen molar-refractivity contribution in [3.8, 4) is 5.75 Å². The average molecular weight is 413 g/mol. The van der Waals surface area contributed by atoms with Gasteiger partial charge in [-0.25, -0.2) is 0 Å². The van der Waals surface area contributed by atoms with Gasteiger partial charge in [-0.3, -0.25) is 9.69 Å². The van der Waals surface area contributed by atoms with Crippen LogP contribution in [0, 0.1) is 0 Å². The minimum Gasteiger partial charge on any atom is -0.497 e. The van der Waals surface area contributed by atoms with E-state index in [1.54, 1.807) is 13.2 Å². The van der Waals surface area contributed by atoms with Gasteiger partial charge in [-0.05, 0) is 34.9 Å². The van der Waals surface area contributed by atoms with Crippen LogP contribution < -0.4 is 4.74 Å². The van der Waals surface area contributed by atoms with E-state index in [2.05, 4.69) is 65.6 Å². The normalized spacial score (nSPS) is 14.8. The van der Waals surface area contributed by atoms with Crippen molar-refractivity contribution in [3.63, 3.8) is 0 Å². The Morgan fingerprint density at radius 3 is 2.03 bits per heavy atom. The van der Waals surface area contributed by atoms with E-state index < -0.39 is 0 Å². The number of amides is 1. The van der Waals surface area contributed by atoms with E-state index in [0.717, 1.165) is 37.5 Å². The van der Waals surface area contributed by atoms with Crippen molar-refractivity contribution >= 4 is 12.0 Å². The smallest absolute Gasteiger partial charge is 0.246 e. The summed E-state index contributed by atoms with van der Waals surface area (Å²) in [5.74, 6) is 0.842. The summed E-state index contributed by atoms with van der Waals surface area (Å²) in [7, 11) is 1.64. The van der Waals surface area contributed by atoms with Crippen LogP contribution in [0.1, 0.15) is 22.7 Å². The van der Waals surface area contributed by atoms with Crippen LogP contribution in [0.2, 0.25) is 0 Å². The Morgan fingerprint density at radius 1 is 0.839 bits per heavy atom. The van der Waals surface area contributed by atoms with Crippen molar-refractivity contribution < 1.29 is 9.53 Å². The highest BCUT2D eigenvalue weighted by atomic mass is 16.5. The number of benzene rings is 3. The van der Waals surface area contributed by atoms with Gasteiger partial charge in [0, 0.05) is 32.3 Å². The lowest BCUT2D eigenvalue weighted by Crippen LogP contribution is -2.49. The maximum Gasteiger partial charge on any atom is 0.246 e. The molecule has 0 radical (unpaired) electrons. The molecule has 0 saturated carbocycles. The van der Waals surface area contributed by atoms with Gasteiger partial charge in [-0.15, -0.1) is 0 Å². The Hall–Kier alpha value is -3.37. The first-order valence-corrected chi connectivity index (χ1v) is 10.7. The second-order valence-corrected chi connectivity index (χ2v) is 7.70. The van der Waals surface area contributed by atoms with Gasteiger partial charge in [0.25, 0.3) is 0 Å². The number of piperazine rings is 1. The minimum absolute atomic E-state index is 0.0541. The van der Waals surface area contributed by atoms with Gasteiger partial charge < -0.3 is 9.64 Å². The molecule has 1 heterocycles. The van der Waals surface area contributed by atoms with Crippen molar-refractivity contribution in [1.82, 2.24) is 9.80 Å². The van der Waals surface area contributed by atoms with E-state index in [9.17, 15) is 4.79 Å². The van der Waals surface area contributed by atoms with E-state index in [-0.39, 0.29) is 11.9 Å². The number of hydrogen-bond acceptors (Lipinski definition) is 3. The molecular weight excluding hydrogens is 384 g/mol. The molecule has 158 valence electrons. The molecule has 3 aromatic rings. The number of methoxy groups -OCH3 is 1. The number of nitrogens with zero attached hydrogens (tertiary/aromatic N) is 2. The number of carbonyl (C=O) groups excluding carboxylic acids is 1. The zero-order valence-electron chi connectivity index (χ0n) is 17.9. The maximum atomic E-state index is 12.7. The first kappa shape index (κ1) is 20.9. The average Bonchev–Trinajstić information content (AvgIpc) is 2.84. The number of carbonyl (C=O) groups is 1. The molecule has 1 saturated heterocycles. The Morgan fingerprint density at radius 2 is 1.45 bits per heavy atom. The highest BCUT2D eigenvalue weighted by Gasteiger charge is 2.27. The molecule has 0 aliphatic carbocycles. The summed E-state index contributed by atoms with van der Waals surface area (Å²) in [6.07, 6.45) is 3.52. The van der Waals surface area contributed by atoms with Gasteiger partial charge >= 0.3 is 0 Å². The van der Waals surface area contributed by atoms with Crippen LogP contribution in [0.25, 0.3) is 6.08 Å². The summed E-state index contributed by atoms with van der Waals surface area (Å²) in [6.45, 7) is 3.12. The predicted molar refractivity (Wildman–Crippen MR) is 125 cm³/mol. The maximum absolute atomic E-state index is 12.7. The van der Waals surface area contributed by atoms with Gasteiger partial charge in [0.2, 0.25) is 5.91 Å². The molecule has 0 aromatic heterocycles. The summed E-state index contributed by atoms with van der Waals surface area (Å²) in [5.41, 5.74) is 3.53. The standard InChI is InChI=1S/C27H28N2O2/c1-31-25-14-8-9-22(21-25)15-16-26(30)28-17-19-29(20-18-28)27(23-10-4-2-5-11-23)24-12-6-3-7-13-24/h2-16,21,27H,17-20H2,1H3/b16-15+. The zero-order chi connectivity index (χ0) is 21.5. The van der Waals surface area contributed by atoms with Crippen molar-refractivity contribution in [2.24, 2.45) is 0 Å². The molecule has 0 spiro atoms. The van der Waals surface area contributed by atoms with Gasteiger partial charge in [0.15, 0.2) is 0 Å². The Bertz CT molecular complexity index is 970.